The normalized spacial score (nSPS) is 25.9. The SMILES string of the molecule is OC1CN(c2ncccc2CCl)CC1O. The van der Waals surface area contributed by atoms with E-state index in [0.717, 1.165) is 11.4 Å². The first kappa shape index (κ1) is 10.7. The Kier molecular flexibility index (Phi) is 3.09. The van der Waals surface area contributed by atoms with Crippen molar-refractivity contribution in [2.45, 2.75) is 18.1 Å². The van der Waals surface area contributed by atoms with Crippen LogP contribution in [-0.2, 0) is 5.88 Å². The highest BCUT2D eigenvalue weighted by Gasteiger charge is 2.31. The van der Waals surface area contributed by atoms with Gasteiger partial charge in [-0.05, 0) is 6.07 Å². The molecule has 0 saturated carbocycles. The molecule has 82 valence electrons. The van der Waals surface area contributed by atoms with Gasteiger partial charge in [-0.3, -0.25) is 0 Å². The van der Waals surface area contributed by atoms with Crippen LogP contribution in [0, 0.1) is 0 Å². The minimum atomic E-state index is -0.699. The number of aromatic nitrogens is 1. The van der Waals surface area contributed by atoms with E-state index in [-0.39, 0.29) is 0 Å². The number of halogens is 1. The van der Waals surface area contributed by atoms with Crippen molar-refractivity contribution in [3.05, 3.63) is 23.9 Å². The first-order chi connectivity index (χ1) is 7.22. The van der Waals surface area contributed by atoms with Crippen LogP contribution in [0.15, 0.2) is 18.3 Å². The fourth-order valence-corrected chi connectivity index (χ4v) is 1.97. The second-order valence-corrected chi connectivity index (χ2v) is 3.93. The maximum Gasteiger partial charge on any atom is 0.133 e. The highest BCUT2D eigenvalue weighted by molar-refractivity contribution is 6.17. The van der Waals surface area contributed by atoms with E-state index in [1.165, 1.54) is 0 Å². The highest BCUT2D eigenvalue weighted by atomic mass is 35.5. The van der Waals surface area contributed by atoms with Gasteiger partial charge in [0.05, 0.1) is 18.1 Å². The second-order valence-electron chi connectivity index (χ2n) is 3.66. The van der Waals surface area contributed by atoms with Crippen LogP contribution in [0.3, 0.4) is 0 Å². The number of aliphatic hydroxyl groups excluding tert-OH is 2. The average molecular weight is 229 g/mol. The number of pyridine rings is 1. The van der Waals surface area contributed by atoms with Crippen molar-refractivity contribution >= 4 is 17.4 Å². The number of hydrogen-bond donors (Lipinski definition) is 2. The zero-order valence-corrected chi connectivity index (χ0v) is 8.93. The lowest BCUT2D eigenvalue weighted by Gasteiger charge is -2.18. The molecule has 1 saturated heterocycles. The molecule has 2 atom stereocenters. The predicted molar refractivity (Wildman–Crippen MR) is 58.0 cm³/mol. The van der Waals surface area contributed by atoms with Crippen molar-refractivity contribution in [1.29, 1.82) is 0 Å². The van der Waals surface area contributed by atoms with Gasteiger partial charge < -0.3 is 15.1 Å². The molecular formula is C10H13ClN2O2. The summed E-state index contributed by atoms with van der Waals surface area (Å²) in [4.78, 5) is 6.07. The summed E-state index contributed by atoms with van der Waals surface area (Å²) in [6.07, 6.45) is 0.285. The molecule has 2 N–H and O–H groups in total. The average Bonchev–Trinajstić information content (AvgIpc) is 2.59. The molecule has 2 unspecified atom stereocenters. The van der Waals surface area contributed by atoms with Crippen molar-refractivity contribution in [1.82, 2.24) is 4.98 Å². The summed E-state index contributed by atoms with van der Waals surface area (Å²) in [7, 11) is 0. The van der Waals surface area contributed by atoms with Gasteiger partial charge in [-0.15, -0.1) is 11.6 Å². The lowest BCUT2D eigenvalue weighted by atomic mass is 10.3. The van der Waals surface area contributed by atoms with Crippen LogP contribution >= 0.6 is 11.6 Å². The second kappa shape index (κ2) is 4.35. The Morgan fingerprint density at radius 3 is 2.67 bits per heavy atom. The molecule has 1 aromatic rings. The monoisotopic (exact) mass is 228 g/mol. The van der Waals surface area contributed by atoms with Crippen molar-refractivity contribution in [2.75, 3.05) is 18.0 Å². The van der Waals surface area contributed by atoms with E-state index in [4.69, 9.17) is 11.6 Å². The molecule has 15 heavy (non-hydrogen) atoms. The molecule has 5 heteroatoms. The minimum Gasteiger partial charge on any atom is -0.389 e. The number of aliphatic hydroxyl groups is 2. The molecule has 0 amide bonds. The third-order valence-electron chi connectivity index (χ3n) is 2.57. The smallest absolute Gasteiger partial charge is 0.133 e. The summed E-state index contributed by atoms with van der Waals surface area (Å²) in [5.41, 5.74) is 0.917. The van der Waals surface area contributed by atoms with E-state index < -0.39 is 12.2 Å². The van der Waals surface area contributed by atoms with Gasteiger partial charge >= 0.3 is 0 Å². The van der Waals surface area contributed by atoms with E-state index in [1.54, 1.807) is 6.20 Å². The molecule has 0 aliphatic carbocycles. The number of β-amino-alcohol motifs (C(OH)–C–C–N with tert-alkyl or cyclic N) is 2. The van der Waals surface area contributed by atoms with Crippen molar-refractivity contribution in [3.8, 4) is 0 Å². The highest BCUT2D eigenvalue weighted by Crippen LogP contribution is 2.23. The number of anilines is 1. The van der Waals surface area contributed by atoms with Crippen molar-refractivity contribution in [2.24, 2.45) is 0 Å². The summed E-state index contributed by atoms with van der Waals surface area (Å²) in [5.74, 6) is 1.13. The van der Waals surface area contributed by atoms with Gasteiger partial charge in [-0.1, -0.05) is 6.07 Å². The fourth-order valence-electron chi connectivity index (χ4n) is 1.76. The third-order valence-corrected chi connectivity index (χ3v) is 2.86. The molecule has 0 radical (unpaired) electrons. The maximum atomic E-state index is 9.44. The van der Waals surface area contributed by atoms with Crippen molar-refractivity contribution < 1.29 is 10.2 Å². The van der Waals surface area contributed by atoms with Crippen LogP contribution in [0.5, 0.6) is 0 Å². The zero-order chi connectivity index (χ0) is 10.8. The summed E-state index contributed by atoms with van der Waals surface area (Å²) in [5, 5.41) is 18.9. The third kappa shape index (κ3) is 2.07. The van der Waals surface area contributed by atoms with E-state index in [0.29, 0.717) is 19.0 Å². The van der Waals surface area contributed by atoms with Crippen LogP contribution in [0.2, 0.25) is 0 Å². The summed E-state index contributed by atoms with van der Waals surface area (Å²) in [6.45, 7) is 0.810. The van der Waals surface area contributed by atoms with Gasteiger partial charge in [0.1, 0.15) is 5.82 Å². The van der Waals surface area contributed by atoms with Gasteiger partial charge in [0, 0.05) is 24.8 Å². The first-order valence-corrected chi connectivity index (χ1v) is 5.36. The molecular weight excluding hydrogens is 216 g/mol. The number of alkyl halides is 1. The minimum absolute atomic E-state index is 0.381. The van der Waals surface area contributed by atoms with E-state index in [9.17, 15) is 10.2 Å². The Morgan fingerprint density at radius 1 is 1.40 bits per heavy atom. The molecule has 2 heterocycles. The molecule has 4 nitrogen and oxygen atoms in total. The molecule has 2 rings (SSSR count). The molecule has 0 aromatic carbocycles. The van der Waals surface area contributed by atoms with Gasteiger partial charge in [0.25, 0.3) is 0 Å². The van der Waals surface area contributed by atoms with Crippen LogP contribution in [0.25, 0.3) is 0 Å². The number of hydrogen-bond acceptors (Lipinski definition) is 4. The van der Waals surface area contributed by atoms with Crippen LogP contribution in [-0.4, -0.2) is 40.5 Å². The van der Waals surface area contributed by atoms with Gasteiger partial charge in [0.15, 0.2) is 0 Å². The largest absolute Gasteiger partial charge is 0.389 e. The molecule has 1 aromatic heterocycles. The number of rotatable bonds is 2. The van der Waals surface area contributed by atoms with E-state index >= 15 is 0 Å². The van der Waals surface area contributed by atoms with Gasteiger partial charge in [0.2, 0.25) is 0 Å². The molecule has 0 bridgehead atoms. The Balaban J connectivity index is 2.23. The van der Waals surface area contributed by atoms with Crippen molar-refractivity contribution in [3.63, 3.8) is 0 Å². The Morgan fingerprint density at radius 2 is 2.07 bits per heavy atom. The number of nitrogens with zero attached hydrogens (tertiary/aromatic N) is 2. The van der Waals surface area contributed by atoms with Crippen LogP contribution in [0.1, 0.15) is 5.56 Å². The van der Waals surface area contributed by atoms with Crippen LogP contribution < -0.4 is 4.90 Å². The Labute approximate surface area is 93.1 Å². The molecule has 1 aliphatic rings. The molecule has 1 fully saturated rings. The lowest BCUT2D eigenvalue weighted by molar-refractivity contribution is 0.0572. The lowest BCUT2D eigenvalue weighted by Crippen LogP contribution is -2.23. The van der Waals surface area contributed by atoms with E-state index in [2.05, 4.69) is 4.98 Å². The van der Waals surface area contributed by atoms with E-state index in [1.807, 2.05) is 17.0 Å². The Bertz CT molecular complexity index is 338. The summed E-state index contributed by atoms with van der Waals surface area (Å²) < 4.78 is 0. The predicted octanol–water partition coefficient (Wildman–Crippen LogP) is 0.362. The maximum absolute atomic E-state index is 9.44. The standard InChI is InChI=1S/C10H13ClN2O2/c11-4-7-2-1-3-12-10(7)13-5-8(14)9(15)6-13/h1-3,8-9,14-15H,4-6H2. The first-order valence-electron chi connectivity index (χ1n) is 4.83. The molecule has 0 spiro atoms. The summed E-state index contributed by atoms with van der Waals surface area (Å²) in [6, 6.07) is 3.72. The Hall–Kier alpha value is -0.840. The van der Waals surface area contributed by atoms with Crippen LogP contribution in [0.4, 0.5) is 5.82 Å². The summed E-state index contributed by atoms with van der Waals surface area (Å²) >= 11 is 5.79. The zero-order valence-electron chi connectivity index (χ0n) is 8.17. The fraction of sp³-hybridized carbons (Fsp3) is 0.500. The topological polar surface area (TPSA) is 56.6 Å². The quantitative estimate of drug-likeness (QED) is 0.718. The molecule has 1 aliphatic heterocycles. The van der Waals surface area contributed by atoms with Gasteiger partial charge in [-0.25, -0.2) is 4.98 Å². The van der Waals surface area contributed by atoms with Gasteiger partial charge in [-0.2, -0.15) is 0 Å².